The van der Waals surface area contributed by atoms with Crippen LogP contribution in [0.1, 0.15) is 43.0 Å². The first kappa shape index (κ1) is 12.8. The molecule has 0 spiro atoms. The molecule has 0 aliphatic rings. The number of carbonyl (C=O) groups excluding carboxylic acids is 1. The quantitative estimate of drug-likeness (QED) is 0.801. The van der Waals surface area contributed by atoms with Gasteiger partial charge in [0.05, 0.1) is 0 Å². The Balaban J connectivity index is 2.53. The van der Waals surface area contributed by atoms with Crippen LogP contribution in [0.3, 0.4) is 0 Å². The third-order valence-electron chi connectivity index (χ3n) is 2.97. The van der Waals surface area contributed by atoms with E-state index in [2.05, 4.69) is 5.32 Å². The van der Waals surface area contributed by atoms with Gasteiger partial charge in [-0.2, -0.15) is 0 Å². The van der Waals surface area contributed by atoms with Crippen molar-refractivity contribution in [2.45, 2.75) is 39.2 Å². The Morgan fingerprint density at radius 2 is 2.06 bits per heavy atom. The maximum absolute atomic E-state index is 11.7. The number of carbonyl (C=O) groups is 1. The van der Waals surface area contributed by atoms with Crippen molar-refractivity contribution in [2.75, 3.05) is 6.54 Å². The molecular formula is C12H20N2O2. The van der Waals surface area contributed by atoms with Crippen LogP contribution >= 0.6 is 0 Å². The van der Waals surface area contributed by atoms with Crippen molar-refractivity contribution in [1.82, 2.24) is 5.32 Å². The van der Waals surface area contributed by atoms with E-state index in [1.807, 2.05) is 20.8 Å². The number of aryl methyl sites for hydroxylation is 1. The number of furan rings is 1. The van der Waals surface area contributed by atoms with Crippen molar-refractivity contribution >= 4 is 5.91 Å². The van der Waals surface area contributed by atoms with E-state index < -0.39 is 0 Å². The van der Waals surface area contributed by atoms with E-state index in [0.29, 0.717) is 12.3 Å². The second-order valence-electron chi connectivity index (χ2n) is 4.16. The molecule has 0 aliphatic heterocycles. The zero-order valence-electron chi connectivity index (χ0n) is 10.2. The maximum Gasteiger partial charge on any atom is 0.287 e. The molecule has 1 aromatic rings. The van der Waals surface area contributed by atoms with Crippen LogP contribution in [0, 0.1) is 6.92 Å². The fraction of sp³-hybridized carbons (Fsp3) is 0.583. The van der Waals surface area contributed by atoms with E-state index in [1.54, 1.807) is 12.1 Å². The van der Waals surface area contributed by atoms with Gasteiger partial charge in [-0.3, -0.25) is 4.79 Å². The van der Waals surface area contributed by atoms with Crippen LogP contribution in [0.25, 0.3) is 0 Å². The summed E-state index contributed by atoms with van der Waals surface area (Å²) in [6.45, 7) is 6.32. The van der Waals surface area contributed by atoms with E-state index >= 15 is 0 Å². The minimum absolute atomic E-state index is 0.204. The van der Waals surface area contributed by atoms with Gasteiger partial charge < -0.3 is 15.5 Å². The van der Waals surface area contributed by atoms with Gasteiger partial charge in [-0.25, -0.2) is 0 Å². The van der Waals surface area contributed by atoms with Crippen molar-refractivity contribution < 1.29 is 9.21 Å². The minimum Gasteiger partial charge on any atom is -0.456 e. The number of hydrogen-bond acceptors (Lipinski definition) is 3. The highest BCUT2D eigenvalue weighted by Gasteiger charge is 2.21. The molecule has 90 valence electrons. The zero-order valence-corrected chi connectivity index (χ0v) is 10.2. The number of nitrogens with two attached hydrogens (primary N) is 1. The lowest BCUT2D eigenvalue weighted by molar-refractivity contribution is 0.0913. The van der Waals surface area contributed by atoms with Gasteiger partial charge in [0.1, 0.15) is 5.76 Å². The molecular weight excluding hydrogens is 204 g/mol. The maximum atomic E-state index is 11.7. The molecule has 0 bridgehead atoms. The predicted molar refractivity (Wildman–Crippen MR) is 63.3 cm³/mol. The fourth-order valence-electron chi connectivity index (χ4n) is 1.40. The lowest BCUT2D eigenvalue weighted by atomic mass is 9.94. The lowest BCUT2D eigenvalue weighted by Crippen LogP contribution is -2.49. The van der Waals surface area contributed by atoms with Crippen LogP contribution in [-0.4, -0.2) is 18.0 Å². The van der Waals surface area contributed by atoms with Gasteiger partial charge in [-0.1, -0.05) is 13.8 Å². The molecule has 4 nitrogen and oxygen atoms in total. The van der Waals surface area contributed by atoms with Gasteiger partial charge >= 0.3 is 0 Å². The van der Waals surface area contributed by atoms with E-state index in [-0.39, 0.29) is 11.4 Å². The Morgan fingerprint density at radius 1 is 1.44 bits per heavy atom. The monoisotopic (exact) mass is 224 g/mol. The summed E-state index contributed by atoms with van der Waals surface area (Å²) in [6, 6.07) is 3.44. The Hall–Kier alpha value is -1.29. The largest absolute Gasteiger partial charge is 0.456 e. The standard InChI is InChI=1S/C12H20N2O2/c1-4-12(13,5-2)8-14-11(15)10-7-6-9(3)16-10/h6-7H,4-5,8,13H2,1-3H3,(H,14,15). The predicted octanol–water partition coefficient (Wildman–Crippen LogP) is 1.84. The van der Waals surface area contributed by atoms with E-state index in [0.717, 1.165) is 18.6 Å². The molecule has 0 unspecified atom stereocenters. The molecule has 0 saturated heterocycles. The number of hydrogen-bond donors (Lipinski definition) is 2. The Kier molecular flexibility index (Phi) is 4.12. The molecule has 3 N–H and O–H groups in total. The molecule has 0 saturated carbocycles. The summed E-state index contributed by atoms with van der Waals surface area (Å²) in [4.78, 5) is 11.7. The van der Waals surface area contributed by atoms with Crippen molar-refractivity contribution in [2.24, 2.45) is 5.73 Å². The van der Waals surface area contributed by atoms with Crippen LogP contribution in [0.4, 0.5) is 0 Å². The van der Waals surface area contributed by atoms with Gasteiger partial charge in [0.25, 0.3) is 5.91 Å². The molecule has 1 amide bonds. The van der Waals surface area contributed by atoms with E-state index in [1.165, 1.54) is 0 Å². The van der Waals surface area contributed by atoms with Crippen LogP contribution in [0.2, 0.25) is 0 Å². The molecule has 16 heavy (non-hydrogen) atoms. The molecule has 0 radical (unpaired) electrons. The third-order valence-corrected chi connectivity index (χ3v) is 2.97. The van der Waals surface area contributed by atoms with Crippen LogP contribution in [0.15, 0.2) is 16.5 Å². The van der Waals surface area contributed by atoms with E-state index in [4.69, 9.17) is 10.2 Å². The van der Waals surface area contributed by atoms with Crippen LogP contribution < -0.4 is 11.1 Å². The summed E-state index contributed by atoms with van der Waals surface area (Å²) < 4.78 is 5.22. The smallest absolute Gasteiger partial charge is 0.287 e. The molecule has 1 heterocycles. The summed E-state index contributed by atoms with van der Waals surface area (Å²) in [5.74, 6) is 0.868. The molecule has 1 aromatic heterocycles. The molecule has 0 aliphatic carbocycles. The first-order chi connectivity index (χ1) is 7.50. The molecule has 1 rings (SSSR count). The second kappa shape index (κ2) is 5.16. The fourth-order valence-corrected chi connectivity index (χ4v) is 1.40. The average Bonchev–Trinajstić information content (AvgIpc) is 2.72. The van der Waals surface area contributed by atoms with E-state index in [9.17, 15) is 4.79 Å². The van der Waals surface area contributed by atoms with Crippen molar-refractivity contribution in [3.05, 3.63) is 23.7 Å². The summed E-state index contributed by atoms with van der Waals surface area (Å²) in [6.07, 6.45) is 1.67. The molecule has 0 atom stereocenters. The number of rotatable bonds is 5. The third kappa shape index (κ3) is 3.10. The van der Waals surface area contributed by atoms with Gasteiger partial charge in [-0.15, -0.1) is 0 Å². The Labute approximate surface area is 96.2 Å². The minimum atomic E-state index is -0.322. The van der Waals surface area contributed by atoms with Crippen LogP contribution in [0.5, 0.6) is 0 Å². The number of amides is 1. The SMILES string of the molecule is CCC(N)(CC)CNC(=O)c1ccc(C)o1. The Bertz CT molecular complexity index is 354. The Morgan fingerprint density at radius 3 is 2.50 bits per heavy atom. The highest BCUT2D eigenvalue weighted by atomic mass is 16.3. The summed E-state index contributed by atoms with van der Waals surface area (Å²) >= 11 is 0. The van der Waals surface area contributed by atoms with Gasteiger partial charge in [0, 0.05) is 12.1 Å². The topological polar surface area (TPSA) is 68.3 Å². The van der Waals surface area contributed by atoms with Gasteiger partial charge in [0.2, 0.25) is 0 Å². The first-order valence-corrected chi connectivity index (χ1v) is 5.64. The van der Waals surface area contributed by atoms with Gasteiger partial charge in [-0.05, 0) is 31.9 Å². The summed E-state index contributed by atoms with van der Waals surface area (Å²) in [5.41, 5.74) is 5.76. The van der Waals surface area contributed by atoms with Crippen LogP contribution in [-0.2, 0) is 0 Å². The second-order valence-corrected chi connectivity index (χ2v) is 4.16. The summed E-state index contributed by atoms with van der Waals surface area (Å²) in [5, 5.41) is 2.80. The van der Waals surface area contributed by atoms with Crippen molar-refractivity contribution in [3.63, 3.8) is 0 Å². The summed E-state index contributed by atoms with van der Waals surface area (Å²) in [7, 11) is 0. The van der Waals surface area contributed by atoms with Crippen molar-refractivity contribution in [3.8, 4) is 0 Å². The van der Waals surface area contributed by atoms with Crippen molar-refractivity contribution in [1.29, 1.82) is 0 Å². The normalized spacial score (nSPS) is 11.5. The van der Waals surface area contributed by atoms with Gasteiger partial charge in [0.15, 0.2) is 5.76 Å². The average molecular weight is 224 g/mol. The highest BCUT2D eigenvalue weighted by molar-refractivity contribution is 5.91. The molecule has 4 heteroatoms. The highest BCUT2D eigenvalue weighted by Crippen LogP contribution is 2.10. The molecule has 0 fully saturated rings. The zero-order chi connectivity index (χ0) is 12.2. The molecule has 0 aromatic carbocycles. The lowest BCUT2D eigenvalue weighted by Gasteiger charge is -2.26. The first-order valence-electron chi connectivity index (χ1n) is 5.64. The number of nitrogens with one attached hydrogen (secondary N) is 1.